The summed E-state index contributed by atoms with van der Waals surface area (Å²) in [5.41, 5.74) is 0.393. The van der Waals surface area contributed by atoms with E-state index in [4.69, 9.17) is 10.4 Å². The molecule has 0 fully saturated rings. The fourth-order valence-corrected chi connectivity index (χ4v) is 1.10. The van der Waals surface area contributed by atoms with Crippen LogP contribution in [0.2, 0.25) is 0 Å². The van der Waals surface area contributed by atoms with Crippen LogP contribution in [-0.2, 0) is 0 Å². The Balaban J connectivity index is 2.68. The van der Waals surface area contributed by atoms with Crippen LogP contribution in [-0.4, -0.2) is 30.1 Å². The zero-order valence-corrected chi connectivity index (χ0v) is 8.78. The third kappa shape index (κ3) is 3.81. The zero-order chi connectivity index (χ0) is 12.9. The average Bonchev–Trinajstić information content (AvgIpc) is 2.36. The molecule has 0 heterocycles. The minimum atomic E-state index is -3.34. The van der Waals surface area contributed by atoms with Gasteiger partial charge in [-0.3, -0.25) is 4.79 Å². The van der Waals surface area contributed by atoms with Crippen LogP contribution < -0.4 is 5.32 Å². The van der Waals surface area contributed by atoms with Gasteiger partial charge in [-0.05, 0) is 18.2 Å². The first-order valence-electron chi connectivity index (χ1n) is 4.75. The lowest BCUT2D eigenvalue weighted by atomic mass is 10.1. The largest absolute Gasteiger partial charge is 0.390 e. The van der Waals surface area contributed by atoms with Crippen molar-refractivity contribution < 1.29 is 18.7 Å². The number of carbonyl (C=O) groups is 1. The van der Waals surface area contributed by atoms with Crippen molar-refractivity contribution in [3.8, 4) is 6.07 Å². The van der Waals surface area contributed by atoms with Crippen molar-refractivity contribution in [1.29, 1.82) is 5.26 Å². The monoisotopic (exact) mass is 240 g/mol. The van der Waals surface area contributed by atoms with Crippen molar-refractivity contribution in [3.63, 3.8) is 0 Å². The molecule has 1 aromatic carbocycles. The average molecular weight is 240 g/mol. The Morgan fingerprint density at radius 3 is 2.82 bits per heavy atom. The summed E-state index contributed by atoms with van der Waals surface area (Å²) < 4.78 is 25.3. The van der Waals surface area contributed by atoms with Gasteiger partial charge < -0.3 is 10.4 Å². The fraction of sp³-hybridized carbons (Fsp3) is 0.273. The number of aliphatic hydroxyl groups is 1. The molecule has 1 amide bonds. The molecule has 17 heavy (non-hydrogen) atoms. The lowest BCUT2D eigenvalue weighted by molar-refractivity contribution is -0.0462. The van der Waals surface area contributed by atoms with Gasteiger partial charge in [-0.2, -0.15) is 5.26 Å². The molecule has 0 aliphatic carbocycles. The maximum atomic E-state index is 12.7. The molecule has 0 atom stereocenters. The minimum absolute atomic E-state index is 0.123. The molecule has 90 valence electrons. The van der Waals surface area contributed by atoms with E-state index in [9.17, 15) is 13.6 Å². The SMILES string of the molecule is N#Cc1cccc(C(=O)NCC(F)(F)CO)c1. The van der Waals surface area contributed by atoms with Gasteiger partial charge in [0.05, 0.1) is 18.2 Å². The summed E-state index contributed by atoms with van der Waals surface area (Å²) in [5.74, 6) is -4.06. The maximum absolute atomic E-state index is 12.7. The number of carbonyl (C=O) groups excluding carboxylic acids is 1. The number of nitriles is 1. The second kappa shape index (κ2) is 5.37. The molecular formula is C11H10F2N2O2. The van der Waals surface area contributed by atoms with E-state index in [1.807, 2.05) is 11.4 Å². The number of amides is 1. The van der Waals surface area contributed by atoms with Crippen molar-refractivity contribution in [1.82, 2.24) is 5.32 Å². The summed E-state index contributed by atoms with van der Waals surface area (Å²) in [6.07, 6.45) is 0. The highest BCUT2D eigenvalue weighted by Crippen LogP contribution is 2.10. The van der Waals surface area contributed by atoms with Gasteiger partial charge in [0, 0.05) is 5.56 Å². The number of benzene rings is 1. The fourth-order valence-electron chi connectivity index (χ4n) is 1.10. The molecule has 0 bridgehead atoms. The Bertz CT molecular complexity index is 455. The summed E-state index contributed by atoms with van der Waals surface area (Å²) >= 11 is 0. The predicted molar refractivity (Wildman–Crippen MR) is 55.5 cm³/mol. The molecule has 2 N–H and O–H groups in total. The van der Waals surface area contributed by atoms with E-state index in [0.717, 1.165) is 0 Å². The van der Waals surface area contributed by atoms with Gasteiger partial charge in [0.1, 0.15) is 6.61 Å². The van der Waals surface area contributed by atoms with Gasteiger partial charge in [-0.1, -0.05) is 6.07 Å². The number of hydrogen-bond donors (Lipinski definition) is 2. The molecule has 0 aliphatic rings. The lowest BCUT2D eigenvalue weighted by Crippen LogP contribution is -2.38. The van der Waals surface area contributed by atoms with Crippen LogP contribution in [0.4, 0.5) is 8.78 Å². The van der Waals surface area contributed by atoms with Gasteiger partial charge in [-0.25, -0.2) is 8.78 Å². The molecule has 1 rings (SSSR count). The summed E-state index contributed by atoms with van der Waals surface area (Å²) in [7, 11) is 0. The molecule has 4 nitrogen and oxygen atoms in total. The van der Waals surface area contributed by atoms with E-state index in [1.54, 1.807) is 0 Å². The van der Waals surface area contributed by atoms with Crippen molar-refractivity contribution >= 4 is 5.91 Å². The summed E-state index contributed by atoms with van der Waals surface area (Å²) in [4.78, 5) is 11.4. The topological polar surface area (TPSA) is 73.1 Å². The van der Waals surface area contributed by atoms with Crippen molar-refractivity contribution in [2.75, 3.05) is 13.2 Å². The van der Waals surface area contributed by atoms with Crippen LogP contribution in [0.5, 0.6) is 0 Å². The summed E-state index contributed by atoms with van der Waals surface area (Å²) in [6, 6.07) is 7.53. The van der Waals surface area contributed by atoms with E-state index < -0.39 is 25.0 Å². The van der Waals surface area contributed by atoms with Crippen LogP contribution >= 0.6 is 0 Å². The molecular weight excluding hydrogens is 230 g/mol. The van der Waals surface area contributed by atoms with Crippen molar-refractivity contribution in [3.05, 3.63) is 35.4 Å². The number of nitrogens with one attached hydrogen (secondary N) is 1. The second-order valence-electron chi connectivity index (χ2n) is 3.39. The first-order chi connectivity index (χ1) is 7.98. The van der Waals surface area contributed by atoms with Crippen molar-refractivity contribution in [2.24, 2.45) is 0 Å². The number of aliphatic hydroxyl groups excluding tert-OH is 1. The van der Waals surface area contributed by atoms with Gasteiger partial charge in [-0.15, -0.1) is 0 Å². The van der Waals surface area contributed by atoms with E-state index in [1.165, 1.54) is 24.3 Å². The Morgan fingerprint density at radius 2 is 2.24 bits per heavy atom. The quantitative estimate of drug-likeness (QED) is 0.821. The first-order valence-corrected chi connectivity index (χ1v) is 4.75. The third-order valence-corrected chi connectivity index (χ3v) is 1.99. The second-order valence-corrected chi connectivity index (χ2v) is 3.39. The molecule has 0 unspecified atom stereocenters. The predicted octanol–water partition coefficient (Wildman–Crippen LogP) is 0.916. The summed E-state index contributed by atoms with van der Waals surface area (Å²) in [6.45, 7) is -2.27. The highest BCUT2D eigenvalue weighted by molar-refractivity contribution is 5.94. The van der Waals surface area contributed by atoms with Crippen LogP contribution in [0.25, 0.3) is 0 Å². The number of hydrogen-bond acceptors (Lipinski definition) is 3. The maximum Gasteiger partial charge on any atom is 0.287 e. The Morgan fingerprint density at radius 1 is 1.53 bits per heavy atom. The van der Waals surface area contributed by atoms with E-state index in [2.05, 4.69) is 0 Å². The van der Waals surface area contributed by atoms with Crippen LogP contribution in [0.3, 0.4) is 0 Å². The Labute approximate surface area is 96.5 Å². The highest BCUT2D eigenvalue weighted by Gasteiger charge is 2.28. The third-order valence-electron chi connectivity index (χ3n) is 1.99. The molecule has 0 spiro atoms. The van der Waals surface area contributed by atoms with Crippen LogP contribution in [0.15, 0.2) is 24.3 Å². The van der Waals surface area contributed by atoms with Gasteiger partial charge in [0.2, 0.25) is 0 Å². The standard InChI is InChI=1S/C11H10F2N2O2/c12-11(13,7-16)6-15-10(17)9-3-1-2-8(4-9)5-14/h1-4,16H,6-7H2,(H,15,17). The minimum Gasteiger partial charge on any atom is -0.390 e. The number of halogens is 2. The van der Waals surface area contributed by atoms with E-state index >= 15 is 0 Å². The Kier molecular flexibility index (Phi) is 4.12. The highest BCUT2D eigenvalue weighted by atomic mass is 19.3. The first kappa shape index (κ1) is 13.1. The molecule has 0 saturated carbocycles. The molecule has 0 aromatic heterocycles. The van der Waals surface area contributed by atoms with Gasteiger partial charge in [0.15, 0.2) is 0 Å². The van der Waals surface area contributed by atoms with E-state index in [0.29, 0.717) is 0 Å². The molecule has 6 heteroatoms. The van der Waals surface area contributed by atoms with Crippen LogP contribution in [0, 0.1) is 11.3 Å². The number of rotatable bonds is 4. The van der Waals surface area contributed by atoms with Crippen molar-refractivity contribution in [2.45, 2.75) is 5.92 Å². The number of alkyl halides is 2. The Hall–Kier alpha value is -2.00. The normalized spacial score (nSPS) is 10.7. The van der Waals surface area contributed by atoms with E-state index in [-0.39, 0.29) is 11.1 Å². The smallest absolute Gasteiger partial charge is 0.287 e. The molecule has 0 radical (unpaired) electrons. The molecule has 0 aliphatic heterocycles. The summed E-state index contributed by atoms with van der Waals surface area (Å²) in [5, 5.41) is 18.9. The number of nitrogens with zero attached hydrogens (tertiary/aromatic N) is 1. The molecule has 1 aromatic rings. The lowest BCUT2D eigenvalue weighted by Gasteiger charge is -2.13. The van der Waals surface area contributed by atoms with Gasteiger partial charge in [0.25, 0.3) is 11.8 Å². The van der Waals surface area contributed by atoms with Crippen LogP contribution in [0.1, 0.15) is 15.9 Å². The molecule has 0 saturated heterocycles. The van der Waals surface area contributed by atoms with Gasteiger partial charge >= 0.3 is 0 Å². The zero-order valence-electron chi connectivity index (χ0n) is 8.78.